The number of benzene rings is 2. The molecule has 0 aromatic heterocycles. The molecule has 1 saturated heterocycles. The summed E-state index contributed by atoms with van der Waals surface area (Å²) in [5.74, 6) is 0.825. The van der Waals surface area contributed by atoms with Gasteiger partial charge in [0.1, 0.15) is 5.75 Å². The average Bonchev–Trinajstić information content (AvgIpc) is 3.21. The maximum atomic E-state index is 12.7. The summed E-state index contributed by atoms with van der Waals surface area (Å²) in [6.07, 6.45) is 6.29. The standard InChI is InChI=1S/C25H30N2O3/c1-2-23(30-22-13-12-19-8-3-4-9-20(19)16-22)25(29)26-17-18-7-5-10-21(15-18)27-14-6-11-24(27)28/h5,7,10,12-13,15-16,23H,2-4,6,8-9,11,14,17H2,1H3,(H,26,29)/t23-/m1/s1. The van der Waals surface area contributed by atoms with E-state index in [1.165, 1.54) is 24.0 Å². The lowest BCUT2D eigenvalue weighted by Crippen LogP contribution is -2.37. The zero-order valence-electron chi connectivity index (χ0n) is 17.7. The number of nitrogens with one attached hydrogen (secondary N) is 1. The summed E-state index contributed by atoms with van der Waals surface area (Å²) in [4.78, 5) is 26.5. The second-order valence-corrected chi connectivity index (χ2v) is 8.19. The van der Waals surface area contributed by atoms with Crippen LogP contribution in [0.15, 0.2) is 42.5 Å². The van der Waals surface area contributed by atoms with Gasteiger partial charge in [0.25, 0.3) is 5.91 Å². The molecule has 5 nitrogen and oxygen atoms in total. The highest BCUT2D eigenvalue weighted by Crippen LogP contribution is 2.26. The van der Waals surface area contributed by atoms with Crippen LogP contribution in [0.2, 0.25) is 0 Å². The zero-order valence-corrected chi connectivity index (χ0v) is 17.7. The molecule has 1 atom stereocenters. The number of hydrogen-bond donors (Lipinski definition) is 1. The first-order chi connectivity index (χ1) is 14.6. The molecule has 1 fully saturated rings. The molecule has 5 heteroatoms. The van der Waals surface area contributed by atoms with Crippen LogP contribution in [0.4, 0.5) is 5.69 Å². The zero-order chi connectivity index (χ0) is 20.9. The second kappa shape index (κ2) is 9.33. The van der Waals surface area contributed by atoms with Crippen LogP contribution in [0.3, 0.4) is 0 Å². The van der Waals surface area contributed by atoms with Crippen molar-refractivity contribution in [3.05, 3.63) is 59.2 Å². The Balaban J connectivity index is 1.36. The van der Waals surface area contributed by atoms with Crippen LogP contribution in [0.1, 0.15) is 55.7 Å². The number of nitrogens with zero attached hydrogens (tertiary/aromatic N) is 1. The lowest BCUT2D eigenvalue weighted by Gasteiger charge is -2.21. The highest BCUT2D eigenvalue weighted by Gasteiger charge is 2.22. The van der Waals surface area contributed by atoms with Gasteiger partial charge in [-0.2, -0.15) is 0 Å². The monoisotopic (exact) mass is 406 g/mol. The molecule has 2 aromatic rings. The molecule has 158 valence electrons. The number of aryl methyl sites for hydroxylation is 2. The lowest BCUT2D eigenvalue weighted by molar-refractivity contribution is -0.128. The third-order valence-electron chi connectivity index (χ3n) is 6.02. The van der Waals surface area contributed by atoms with Gasteiger partial charge >= 0.3 is 0 Å². The molecule has 2 amide bonds. The van der Waals surface area contributed by atoms with Crippen LogP contribution < -0.4 is 15.0 Å². The Bertz CT molecular complexity index is 924. The molecular formula is C25H30N2O3. The number of carbonyl (C=O) groups is 2. The van der Waals surface area contributed by atoms with Crippen molar-refractivity contribution >= 4 is 17.5 Å². The maximum absolute atomic E-state index is 12.7. The van der Waals surface area contributed by atoms with Crippen molar-refractivity contribution in [1.82, 2.24) is 5.32 Å². The average molecular weight is 407 g/mol. The summed E-state index contributed by atoms with van der Waals surface area (Å²) in [6.45, 7) is 3.14. The first kappa shape index (κ1) is 20.5. The topological polar surface area (TPSA) is 58.6 Å². The van der Waals surface area contributed by atoms with Crippen LogP contribution in [0.25, 0.3) is 0 Å². The smallest absolute Gasteiger partial charge is 0.261 e. The minimum absolute atomic E-state index is 0.113. The van der Waals surface area contributed by atoms with Crippen LogP contribution in [0.5, 0.6) is 5.75 Å². The van der Waals surface area contributed by atoms with Gasteiger partial charge < -0.3 is 15.0 Å². The molecule has 4 rings (SSSR count). The first-order valence-corrected chi connectivity index (χ1v) is 11.1. The van der Waals surface area contributed by atoms with E-state index >= 15 is 0 Å². The highest BCUT2D eigenvalue weighted by molar-refractivity contribution is 5.95. The van der Waals surface area contributed by atoms with Crippen molar-refractivity contribution in [2.75, 3.05) is 11.4 Å². The van der Waals surface area contributed by atoms with Crippen molar-refractivity contribution in [3.63, 3.8) is 0 Å². The van der Waals surface area contributed by atoms with E-state index in [0.717, 1.165) is 42.8 Å². The van der Waals surface area contributed by atoms with Crippen LogP contribution >= 0.6 is 0 Å². The summed E-state index contributed by atoms with van der Waals surface area (Å²) in [6, 6.07) is 14.0. The molecular weight excluding hydrogens is 376 g/mol. The molecule has 0 radical (unpaired) electrons. The molecule has 30 heavy (non-hydrogen) atoms. The van der Waals surface area contributed by atoms with Crippen LogP contribution in [0, 0.1) is 0 Å². The molecule has 0 spiro atoms. The summed E-state index contributed by atoms with van der Waals surface area (Å²) >= 11 is 0. The second-order valence-electron chi connectivity index (χ2n) is 8.19. The number of carbonyl (C=O) groups excluding carboxylic acids is 2. The Kier molecular flexibility index (Phi) is 6.36. The van der Waals surface area contributed by atoms with Crippen molar-refractivity contribution < 1.29 is 14.3 Å². The van der Waals surface area contributed by atoms with E-state index in [9.17, 15) is 9.59 Å². The van der Waals surface area contributed by atoms with Gasteiger partial charge in [0, 0.05) is 25.2 Å². The minimum Gasteiger partial charge on any atom is -0.481 e. The van der Waals surface area contributed by atoms with Crippen molar-refractivity contribution in [2.45, 2.75) is 64.5 Å². The van der Waals surface area contributed by atoms with Crippen molar-refractivity contribution in [3.8, 4) is 5.75 Å². The summed E-state index contributed by atoms with van der Waals surface area (Å²) < 4.78 is 6.03. The van der Waals surface area contributed by atoms with Crippen LogP contribution in [-0.4, -0.2) is 24.5 Å². The van der Waals surface area contributed by atoms with Gasteiger partial charge in [-0.3, -0.25) is 9.59 Å². The Morgan fingerprint density at radius 1 is 1.07 bits per heavy atom. The van der Waals surface area contributed by atoms with Crippen molar-refractivity contribution in [1.29, 1.82) is 0 Å². The van der Waals surface area contributed by atoms with Crippen LogP contribution in [-0.2, 0) is 29.0 Å². The molecule has 0 saturated carbocycles. The third kappa shape index (κ3) is 4.66. The Morgan fingerprint density at radius 2 is 1.90 bits per heavy atom. The lowest BCUT2D eigenvalue weighted by atomic mass is 9.92. The quantitative estimate of drug-likeness (QED) is 0.751. The van der Waals surface area contributed by atoms with Gasteiger partial charge in [-0.05, 0) is 79.5 Å². The fourth-order valence-corrected chi connectivity index (χ4v) is 4.33. The Morgan fingerprint density at radius 3 is 2.67 bits per heavy atom. The Labute approximate surface area is 178 Å². The molecule has 1 aliphatic heterocycles. The van der Waals surface area contributed by atoms with E-state index in [1.54, 1.807) is 0 Å². The van der Waals surface area contributed by atoms with E-state index in [2.05, 4.69) is 17.4 Å². The van der Waals surface area contributed by atoms with Crippen molar-refractivity contribution in [2.24, 2.45) is 0 Å². The normalized spacial score (nSPS) is 16.8. The Hall–Kier alpha value is -2.82. The van der Waals surface area contributed by atoms with E-state index in [-0.39, 0.29) is 11.8 Å². The number of ether oxygens (including phenoxy) is 1. The summed E-state index contributed by atoms with van der Waals surface area (Å²) in [7, 11) is 0. The SMILES string of the molecule is CC[C@@H](Oc1ccc2c(c1)CCCC2)C(=O)NCc1cccc(N2CCCC2=O)c1. The number of fused-ring (bicyclic) bond motifs is 1. The number of hydrogen-bond acceptors (Lipinski definition) is 3. The van der Waals surface area contributed by atoms with E-state index in [4.69, 9.17) is 4.74 Å². The summed E-state index contributed by atoms with van der Waals surface area (Å²) in [5, 5.41) is 2.99. The first-order valence-electron chi connectivity index (χ1n) is 11.1. The molecule has 0 unspecified atom stereocenters. The number of anilines is 1. The third-order valence-corrected chi connectivity index (χ3v) is 6.02. The number of rotatable bonds is 7. The molecule has 1 aliphatic carbocycles. The van der Waals surface area contributed by atoms with Gasteiger partial charge in [-0.1, -0.05) is 25.1 Å². The fourth-order valence-electron chi connectivity index (χ4n) is 4.33. The maximum Gasteiger partial charge on any atom is 0.261 e. The van der Waals surface area contributed by atoms with E-state index < -0.39 is 6.10 Å². The minimum atomic E-state index is -0.519. The number of amides is 2. The molecule has 2 aromatic carbocycles. The molecule has 2 aliphatic rings. The van der Waals surface area contributed by atoms with Gasteiger partial charge in [0.15, 0.2) is 6.10 Å². The predicted octanol–water partition coefficient (Wildman–Crippen LogP) is 4.17. The molecule has 1 N–H and O–H groups in total. The fraction of sp³-hybridized carbons (Fsp3) is 0.440. The molecule has 1 heterocycles. The van der Waals surface area contributed by atoms with E-state index in [1.807, 2.05) is 42.2 Å². The van der Waals surface area contributed by atoms with Gasteiger partial charge in [0.05, 0.1) is 0 Å². The van der Waals surface area contributed by atoms with Gasteiger partial charge in [-0.15, -0.1) is 0 Å². The van der Waals surface area contributed by atoms with E-state index in [0.29, 0.717) is 19.4 Å². The molecule has 0 bridgehead atoms. The summed E-state index contributed by atoms with van der Waals surface area (Å²) in [5.41, 5.74) is 4.63. The predicted molar refractivity (Wildman–Crippen MR) is 118 cm³/mol. The largest absolute Gasteiger partial charge is 0.481 e. The highest BCUT2D eigenvalue weighted by atomic mass is 16.5. The van der Waals surface area contributed by atoms with Gasteiger partial charge in [-0.25, -0.2) is 0 Å². The van der Waals surface area contributed by atoms with Gasteiger partial charge in [0.2, 0.25) is 5.91 Å².